The Morgan fingerprint density at radius 2 is 1.68 bits per heavy atom. The van der Waals surface area contributed by atoms with Crippen molar-refractivity contribution in [1.82, 2.24) is 9.97 Å². The fourth-order valence-electron chi connectivity index (χ4n) is 2.93. The first kappa shape index (κ1) is 19.5. The lowest BCUT2D eigenvalue weighted by Gasteiger charge is -2.13. The summed E-state index contributed by atoms with van der Waals surface area (Å²) in [5.74, 6) is 3.65. The van der Waals surface area contributed by atoms with Gasteiger partial charge in [0.25, 0.3) is 0 Å². The van der Waals surface area contributed by atoms with Crippen LogP contribution in [0.25, 0.3) is 0 Å². The van der Waals surface area contributed by atoms with Gasteiger partial charge in [0, 0.05) is 18.7 Å². The van der Waals surface area contributed by atoms with Crippen LogP contribution in [0, 0.1) is 6.92 Å². The van der Waals surface area contributed by atoms with Crippen molar-refractivity contribution in [2.45, 2.75) is 19.8 Å². The molecule has 3 aromatic rings. The quantitative estimate of drug-likeness (QED) is 0.531. The summed E-state index contributed by atoms with van der Waals surface area (Å²) in [6.07, 6.45) is 2.06. The third-order valence-electron chi connectivity index (χ3n) is 4.30. The van der Waals surface area contributed by atoms with Crippen LogP contribution in [0.4, 0.5) is 17.3 Å². The van der Waals surface area contributed by atoms with Gasteiger partial charge in [-0.1, -0.05) is 30.3 Å². The van der Waals surface area contributed by atoms with E-state index in [1.54, 1.807) is 14.2 Å². The molecule has 0 aliphatic rings. The highest BCUT2D eigenvalue weighted by Crippen LogP contribution is 2.31. The van der Waals surface area contributed by atoms with Crippen LogP contribution >= 0.6 is 0 Å². The van der Waals surface area contributed by atoms with Gasteiger partial charge in [0.1, 0.15) is 29.0 Å². The standard InChI is InChI=1S/C22H26N4O2/c1-16-24-21(23-13-7-10-17-8-5-4-6-9-17)15-22(25-16)26-19-14-18(27-2)11-12-20(19)28-3/h4-6,8-9,11-12,14-15H,7,10,13H2,1-3H3,(H2,23,24,25,26). The molecular weight excluding hydrogens is 352 g/mol. The Kier molecular flexibility index (Phi) is 6.68. The molecular formula is C22H26N4O2. The van der Waals surface area contributed by atoms with Gasteiger partial charge in [-0.15, -0.1) is 0 Å². The fraction of sp³-hybridized carbons (Fsp3) is 0.273. The van der Waals surface area contributed by atoms with E-state index >= 15 is 0 Å². The van der Waals surface area contributed by atoms with E-state index in [0.29, 0.717) is 11.6 Å². The summed E-state index contributed by atoms with van der Waals surface area (Å²) in [6, 6.07) is 18.0. The number of aromatic nitrogens is 2. The van der Waals surface area contributed by atoms with E-state index in [-0.39, 0.29) is 0 Å². The molecule has 0 unspecified atom stereocenters. The molecule has 0 fully saturated rings. The van der Waals surface area contributed by atoms with Crippen molar-refractivity contribution in [3.8, 4) is 11.5 Å². The lowest BCUT2D eigenvalue weighted by atomic mass is 10.1. The molecule has 2 aromatic carbocycles. The van der Waals surface area contributed by atoms with E-state index in [9.17, 15) is 0 Å². The van der Waals surface area contributed by atoms with E-state index in [2.05, 4.69) is 44.9 Å². The maximum absolute atomic E-state index is 5.42. The number of methoxy groups -OCH3 is 2. The molecule has 28 heavy (non-hydrogen) atoms. The number of hydrogen-bond acceptors (Lipinski definition) is 6. The molecule has 0 atom stereocenters. The SMILES string of the molecule is COc1ccc(OC)c(Nc2cc(NCCCc3ccccc3)nc(C)n2)c1. The highest BCUT2D eigenvalue weighted by Gasteiger charge is 2.08. The van der Waals surface area contributed by atoms with Crippen LogP contribution in [0.15, 0.2) is 54.6 Å². The van der Waals surface area contributed by atoms with Crippen LogP contribution < -0.4 is 20.1 Å². The highest BCUT2D eigenvalue weighted by atomic mass is 16.5. The average Bonchev–Trinajstić information content (AvgIpc) is 2.71. The smallest absolute Gasteiger partial charge is 0.142 e. The van der Waals surface area contributed by atoms with Crippen molar-refractivity contribution in [2.75, 3.05) is 31.4 Å². The molecule has 1 heterocycles. The van der Waals surface area contributed by atoms with Crippen molar-refractivity contribution >= 4 is 17.3 Å². The second kappa shape index (κ2) is 9.60. The number of ether oxygens (including phenoxy) is 2. The molecule has 0 amide bonds. The Morgan fingerprint density at radius 1 is 0.893 bits per heavy atom. The molecule has 0 aliphatic carbocycles. The van der Waals surface area contributed by atoms with Crippen LogP contribution in [0.2, 0.25) is 0 Å². The van der Waals surface area contributed by atoms with Crippen molar-refractivity contribution in [3.63, 3.8) is 0 Å². The molecule has 0 aliphatic heterocycles. The summed E-state index contributed by atoms with van der Waals surface area (Å²) >= 11 is 0. The lowest BCUT2D eigenvalue weighted by molar-refractivity contribution is 0.405. The van der Waals surface area contributed by atoms with E-state index in [0.717, 1.165) is 42.4 Å². The Balaban J connectivity index is 1.64. The van der Waals surface area contributed by atoms with Gasteiger partial charge >= 0.3 is 0 Å². The first-order chi connectivity index (χ1) is 13.7. The minimum absolute atomic E-state index is 0.692. The Labute approximate surface area is 166 Å². The summed E-state index contributed by atoms with van der Waals surface area (Å²) < 4.78 is 10.7. The summed E-state index contributed by atoms with van der Waals surface area (Å²) in [4.78, 5) is 8.96. The number of rotatable bonds is 9. The Morgan fingerprint density at radius 3 is 2.43 bits per heavy atom. The molecule has 0 spiro atoms. The van der Waals surface area contributed by atoms with Gasteiger partial charge in [0.2, 0.25) is 0 Å². The largest absolute Gasteiger partial charge is 0.497 e. The van der Waals surface area contributed by atoms with E-state index in [1.807, 2.05) is 37.3 Å². The second-order valence-corrected chi connectivity index (χ2v) is 6.39. The van der Waals surface area contributed by atoms with Gasteiger partial charge in [-0.2, -0.15) is 0 Å². The van der Waals surface area contributed by atoms with Gasteiger partial charge in [-0.3, -0.25) is 0 Å². The first-order valence-electron chi connectivity index (χ1n) is 9.30. The molecule has 0 radical (unpaired) electrons. The molecule has 2 N–H and O–H groups in total. The topological polar surface area (TPSA) is 68.3 Å². The highest BCUT2D eigenvalue weighted by molar-refractivity contribution is 5.67. The molecule has 3 rings (SSSR count). The minimum atomic E-state index is 0.692. The van der Waals surface area contributed by atoms with Crippen LogP contribution in [0.3, 0.4) is 0 Å². The summed E-state index contributed by atoms with van der Waals surface area (Å²) in [5, 5.41) is 6.69. The van der Waals surface area contributed by atoms with E-state index in [1.165, 1.54) is 5.56 Å². The normalized spacial score (nSPS) is 10.4. The zero-order chi connectivity index (χ0) is 19.8. The molecule has 6 heteroatoms. The number of benzene rings is 2. The monoisotopic (exact) mass is 378 g/mol. The predicted octanol–water partition coefficient (Wildman–Crippen LogP) is 4.59. The van der Waals surface area contributed by atoms with Crippen molar-refractivity contribution in [2.24, 2.45) is 0 Å². The van der Waals surface area contributed by atoms with Gasteiger partial charge in [0.15, 0.2) is 0 Å². The minimum Gasteiger partial charge on any atom is -0.497 e. The van der Waals surface area contributed by atoms with Crippen LogP contribution in [-0.2, 0) is 6.42 Å². The molecule has 6 nitrogen and oxygen atoms in total. The van der Waals surface area contributed by atoms with Crippen molar-refractivity contribution < 1.29 is 9.47 Å². The third kappa shape index (κ3) is 5.36. The van der Waals surface area contributed by atoms with Crippen LogP contribution in [0.1, 0.15) is 17.8 Å². The van der Waals surface area contributed by atoms with Gasteiger partial charge in [0.05, 0.1) is 19.9 Å². The van der Waals surface area contributed by atoms with Crippen molar-refractivity contribution in [1.29, 1.82) is 0 Å². The van der Waals surface area contributed by atoms with Gasteiger partial charge in [-0.25, -0.2) is 9.97 Å². The number of anilines is 3. The summed E-state index contributed by atoms with van der Waals surface area (Å²) in [5.41, 5.74) is 2.13. The van der Waals surface area contributed by atoms with Crippen molar-refractivity contribution in [3.05, 3.63) is 66.0 Å². The van der Waals surface area contributed by atoms with Gasteiger partial charge < -0.3 is 20.1 Å². The van der Waals surface area contributed by atoms with E-state index < -0.39 is 0 Å². The summed E-state index contributed by atoms with van der Waals surface area (Å²) in [6.45, 7) is 2.72. The van der Waals surface area contributed by atoms with E-state index in [4.69, 9.17) is 9.47 Å². The lowest BCUT2D eigenvalue weighted by Crippen LogP contribution is -2.07. The maximum Gasteiger partial charge on any atom is 0.142 e. The molecule has 0 saturated carbocycles. The van der Waals surface area contributed by atoms with Crippen LogP contribution in [0.5, 0.6) is 11.5 Å². The first-order valence-corrected chi connectivity index (χ1v) is 9.30. The van der Waals surface area contributed by atoms with Gasteiger partial charge in [-0.05, 0) is 37.5 Å². The average molecular weight is 378 g/mol. The number of nitrogens with zero attached hydrogens (tertiary/aromatic N) is 2. The number of nitrogens with one attached hydrogen (secondary N) is 2. The van der Waals surface area contributed by atoms with Crippen LogP contribution in [-0.4, -0.2) is 30.7 Å². The Bertz CT molecular complexity index is 900. The number of aryl methyl sites for hydroxylation is 2. The molecule has 146 valence electrons. The molecule has 0 saturated heterocycles. The zero-order valence-corrected chi connectivity index (χ0v) is 16.5. The molecule has 0 bridgehead atoms. The zero-order valence-electron chi connectivity index (χ0n) is 16.5. The second-order valence-electron chi connectivity index (χ2n) is 6.39. The number of hydrogen-bond donors (Lipinski definition) is 2. The predicted molar refractivity (Wildman–Crippen MR) is 113 cm³/mol. The fourth-order valence-corrected chi connectivity index (χ4v) is 2.93. The Hall–Kier alpha value is -3.28. The maximum atomic E-state index is 5.42. The third-order valence-corrected chi connectivity index (χ3v) is 4.30. The molecule has 1 aromatic heterocycles. The summed E-state index contributed by atoms with van der Waals surface area (Å²) in [7, 11) is 3.27.